The van der Waals surface area contributed by atoms with Gasteiger partial charge < -0.3 is 14.5 Å². The Hall–Kier alpha value is -3.42. The number of rotatable bonds is 6. The molecule has 1 heterocycles. The lowest BCUT2D eigenvalue weighted by Gasteiger charge is -2.11. The monoisotopic (exact) mass is 451 g/mol. The normalized spacial score (nSPS) is 10.6. The van der Waals surface area contributed by atoms with Crippen molar-refractivity contribution in [2.24, 2.45) is 0 Å². The summed E-state index contributed by atoms with van der Waals surface area (Å²) in [6, 6.07) is 22.2. The molecule has 0 aliphatic carbocycles. The molecule has 0 radical (unpaired) electrons. The maximum Gasteiger partial charge on any atom is 0.264 e. The number of hydrogen-bond acceptors (Lipinski definition) is 5. The average Bonchev–Trinajstić information content (AvgIpc) is 3.17. The molecule has 0 saturated carbocycles. The smallest absolute Gasteiger partial charge is 0.264 e. The molecule has 3 aromatic carbocycles. The first-order valence-corrected chi connectivity index (χ1v) is 10.3. The lowest BCUT2D eigenvalue weighted by molar-refractivity contribution is -0.121. The number of halogens is 1. The van der Waals surface area contributed by atoms with E-state index in [-0.39, 0.29) is 17.6 Å². The van der Waals surface area contributed by atoms with Crippen LogP contribution in [-0.2, 0) is 11.2 Å². The standard InChI is InChI=1S/C23H18ClN3O3S/c24-17-5-1-3-7-19(17)29-14-21(28)27-23(31)25-16-11-9-15(10-12-16)13-22-26-18-6-2-4-8-20(18)30-22/h1-12H,13-14H2,(H2,25,27,28,31). The van der Waals surface area contributed by atoms with Crippen LogP contribution in [0.4, 0.5) is 5.69 Å². The number of benzene rings is 3. The number of carbonyl (C=O) groups is 1. The second-order valence-electron chi connectivity index (χ2n) is 6.67. The van der Waals surface area contributed by atoms with Crippen molar-refractivity contribution in [3.05, 3.63) is 89.3 Å². The number of ether oxygens (including phenoxy) is 1. The third-order valence-electron chi connectivity index (χ3n) is 4.35. The largest absolute Gasteiger partial charge is 0.482 e. The molecule has 1 amide bonds. The lowest BCUT2D eigenvalue weighted by atomic mass is 10.1. The molecule has 1 aromatic heterocycles. The van der Waals surface area contributed by atoms with E-state index < -0.39 is 0 Å². The Labute approximate surface area is 189 Å². The van der Waals surface area contributed by atoms with E-state index in [2.05, 4.69) is 15.6 Å². The minimum absolute atomic E-state index is 0.180. The second-order valence-corrected chi connectivity index (χ2v) is 7.49. The van der Waals surface area contributed by atoms with Gasteiger partial charge in [-0.05, 0) is 54.2 Å². The third-order valence-corrected chi connectivity index (χ3v) is 4.87. The van der Waals surface area contributed by atoms with Crippen molar-refractivity contribution in [2.75, 3.05) is 11.9 Å². The molecule has 31 heavy (non-hydrogen) atoms. The van der Waals surface area contributed by atoms with Crippen molar-refractivity contribution >= 4 is 51.6 Å². The van der Waals surface area contributed by atoms with Crippen LogP contribution >= 0.6 is 23.8 Å². The van der Waals surface area contributed by atoms with E-state index in [9.17, 15) is 4.79 Å². The molecule has 0 saturated heterocycles. The van der Waals surface area contributed by atoms with E-state index in [4.69, 9.17) is 33.0 Å². The summed E-state index contributed by atoms with van der Waals surface area (Å²) in [5.74, 6) is 0.709. The molecule has 6 nitrogen and oxygen atoms in total. The molecule has 156 valence electrons. The highest BCUT2D eigenvalue weighted by Gasteiger charge is 2.09. The van der Waals surface area contributed by atoms with Crippen LogP contribution in [0.15, 0.2) is 77.2 Å². The minimum atomic E-state index is -0.384. The maximum absolute atomic E-state index is 12.0. The zero-order valence-corrected chi connectivity index (χ0v) is 17.9. The number of aromatic nitrogens is 1. The van der Waals surface area contributed by atoms with E-state index in [0.717, 1.165) is 22.4 Å². The van der Waals surface area contributed by atoms with Gasteiger partial charge in [-0.2, -0.15) is 0 Å². The van der Waals surface area contributed by atoms with Crippen LogP contribution in [-0.4, -0.2) is 22.6 Å². The van der Waals surface area contributed by atoms with E-state index in [1.165, 1.54) is 0 Å². The quantitative estimate of drug-likeness (QED) is 0.403. The van der Waals surface area contributed by atoms with Gasteiger partial charge in [0.2, 0.25) is 0 Å². The molecular formula is C23H18ClN3O3S. The Morgan fingerprint density at radius 2 is 1.77 bits per heavy atom. The van der Waals surface area contributed by atoms with E-state index >= 15 is 0 Å². The fourth-order valence-electron chi connectivity index (χ4n) is 2.91. The summed E-state index contributed by atoms with van der Waals surface area (Å²) in [7, 11) is 0. The molecule has 0 unspecified atom stereocenters. The van der Waals surface area contributed by atoms with Crippen molar-refractivity contribution in [3.8, 4) is 5.75 Å². The van der Waals surface area contributed by atoms with Crippen molar-refractivity contribution < 1.29 is 13.9 Å². The first-order chi connectivity index (χ1) is 15.1. The van der Waals surface area contributed by atoms with Gasteiger partial charge in [0.25, 0.3) is 5.91 Å². The van der Waals surface area contributed by atoms with Crippen molar-refractivity contribution in [1.82, 2.24) is 10.3 Å². The van der Waals surface area contributed by atoms with Gasteiger partial charge in [0.05, 0.1) is 5.02 Å². The SMILES string of the molecule is O=C(COc1ccccc1Cl)NC(=S)Nc1ccc(Cc2nc3ccccc3o2)cc1. The highest BCUT2D eigenvalue weighted by atomic mass is 35.5. The van der Waals surface area contributed by atoms with Crippen LogP contribution in [0.25, 0.3) is 11.1 Å². The Morgan fingerprint density at radius 1 is 1.03 bits per heavy atom. The molecule has 4 aromatic rings. The number of fused-ring (bicyclic) bond motifs is 1. The number of carbonyl (C=O) groups excluding carboxylic acids is 1. The van der Waals surface area contributed by atoms with Gasteiger partial charge >= 0.3 is 0 Å². The van der Waals surface area contributed by atoms with Crippen LogP contribution in [0.2, 0.25) is 5.02 Å². The van der Waals surface area contributed by atoms with Crippen LogP contribution in [0, 0.1) is 0 Å². The summed E-state index contributed by atoms with van der Waals surface area (Å²) in [5.41, 5.74) is 3.41. The third kappa shape index (κ3) is 5.59. The zero-order valence-electron chi connectivity index (χ0n) is 16.3. The number of hydrogen-bond donors (Lipinski definition) is 2. The molecule has 0 aliphatic rings. The van der Waals surface area contributed by atoms with Gasteiger partial charge in [0, 0.05) is 12.1 Å². The van der Waals surface area contributed by atoms with Crippen molar-refractivity contribution in [1.29, 1.82) is 0 Å². The van der Waals surface area contributed by atoms with Crippen LogP contribution in [0.5, 0.6) is 5.75 Å². The molecular weight excluding hydrogens is 434 g/mol. The van der Waals surface area contributed by atoms with Crippen molar-refractivity contribution in [3.63, 3.8) is 0 Å². The zero-order chi connectivity index (χ0) is 21.6. The molecule has 8 heteroatoms. The number of thiocarbonyl (C=S) groups is 1. The van der Waals surface area contributed by atoms with Gasteiger partial charge in [-0.15, -0.1) is 0 Å². The average molecular weight is 452 g/mol. The van der Waals surface area contributed by atoms with Gasteiger partial charge in [-0.1, -0.05) is 48.0 Å². The summed E-state index contributed by atoms with van der Waals surface area (Å²) >= 11 is 11.2. The first kappa shape index (κ1) is 20.8. The number of anilines is 1. The number of oxazole rings is 1. The van der Waals surface area contributed by atoms with E-state index in [0.29, 0.717) is 23.1 Å². The Kier molecular flexibility index (Phi) is 6.45. The summed E-state index contributed by atoms with van der Waals surface area (Å²) in [6.45, 7) is -0.199. The molecule has 2 N–H and O–H groups in total. The van der Waals surface area contributed by atoms with Gasteiger partial charge in [-0.3, -0.25) is 10.1 Å². The molecule has 0 atom stereocenters. The lowest BCUT2D eigenvalue weighted by Crippen LogP contribution is -2.37. The van der Waals surface area contributed by atoms with Crippen LogP contribution in [0.1, 0.15) is 11.5 Å². The number of para-hydroxylation sites is 3. The van der Waals surface area contributed by atoms with Gasteiger partial charge in [0.15, 0.2) is 23.2 Å². The first-order valence-electron chi connectivity index (χ1n) is 9.48. The Bertz CT molecular complexity index is 1190. The highest BCUT2D eigenvalue weighted by molar-refractivity contribution is 7.80. The van der Waals surface area contributed by atoms with E-state index in [1.54, 1.807) is 24.3 Å². The minimum Gasteiger partial charge on any atom is -0.482 e. The van der Waals surface area contributed by atoms with Crippen LogP contribution in [0.3, 0.4) is 0 Å². The highest BCUT2D eigenvalue weighted by Crippen LogP contribution is 2.23. The molecule has 0 aliphatic heterocycles. The molecule has 0 fully saturated rings. The topological polar surface area (TPSA) is 76.4 Å². The fraction of sp³-hybridized carbons (Fsp3) is 0.0870. The molecule has 0 bridgehead atoms. The summed E-state index contributed by atoms with van der Waals surface area (Å²) in [4.78, 5) is 16.5. The maximum atomic E-state index is 12.0. The van der Waals surface area contributed by atoms with Crippen LogP contribution < -0.4 is 15.4 Å². The van der Waals surface area contributed by atoms with Crippen molar-refractivity contribution in [2.45, 2.75) is 6.42 Å². The Morgan fingerprint density at radius 3 is 2.55 bits per heavy atom. The fourth-order valence-corrected chi connectivity index (χ4v) is 3.33. The molecule has 4 rings (SSSR count). The summed E-state index contributed by atoms with van der Waals surface area (Å²) in [6.07, 6.45) is 0.579. The second kappa shape index (κ2) is 9.59. The summed E-state index contributed by atoms with van der Waals surface area (Å²) < 4.78 is 11.2. The number of nitrogens with one attached hydrogen (secondary N) is 2. The number of amides is 1. The molecule has 0 spiro atoms. The Balaban J connectivity index is 1.27. The van der Waals surface area contributed by atoms with Gasteiger partial charge in [0.1, 0.15) is 11.3 Å². The summed E-state index contributed by atoms with van der Waals surface area (Å²) in [5, 5.41) is 6.17. The number of nitrogens with zero attached hydrogens (tertiary/aromatic N) is 1. The predicted octanol–water partition coefficient (Wildman–Crippen LogP) is 4.96. The predicted molar refractivity (Wildman–Crippen MR) is 125 cm³/mol. The van der Waals surface area contributed by atoms with Gasteiger partial charge in [-0.25, -0.2) is 4.98 Å². The van der Waals surface area contributed by atoms with E-state index in [1.807, 2.05) is 48.5 Å².